The number of nitrogens with one attached hydrogen (secondary N) is 1. The fourth-order valence-electron chi connectivity index (χ4n) is 4.09. The second-order valence-corrected chi connectivity index (χ2v) is 8.07. The molecule has 0 saturated carbocycles. The van der Waals surface area contributed by atoms with Gasteiger partial charge < -0.3 is 19.9 Å². The molecule has 0 aromatic heterocycles. The van der Waals surface area contributed by atoms with Gasteiger partial charge in [-0.1, -0.05) is 72.8 Å². The van der Waals surface area contributed by atoms with Crippen LogP contribution in [0.2, 0.25) is 0 Å². The maximum Gasteiger partial charge on any atom is 0.234 e. The Morgan fingerprint density at radius 2 is 1.55 bits per heavy atom. The predicted octanol–water partition coefficient (Wildman–Crippen LogP) is 3.42. The third-order valence-electron chi connectivity index (χ3n) is 5.64. The lowest BCUT2D eigenvalue weighted by Gasteiger charge is -2.32. The van der Waals surface area contributed by atoms with Crippen molar-refractivity contribution in [2.45, 2.75) is 18.6 Å². The van der Waals surface area contributed by atoms with E-state index in [4.69, 9.17) is 9.47 Å². The summed E-state index contributed by atoms with van der Waals surface area (Å²) in [4.78, 5) is 15.1. The molecule has 0 saturated heterocycles. The Morgan fingerprint density at radius 3 is 2.18 bits per heavy atom. The number of rotatable bonds is 10. The van der Waals surface area contributed by atoms with Gasteiger partial charge in [-0.15, -0.1) is 0 Å². The van der Waals surface area contributed by atoms with E-state index < -0.39 is 0 Å². The highest BCUT2D eigenvalue weighted by atomic mass is 16.6. The van der Waals surface area contributed by atoms with Crippen LogP contribution < -0.4 is 14.8 Å². The van der Waals surface area contributed by atoms with Gasteiger partial charge in [-0.05, 0) is 29.7 Å². The number of fused-ring (bicyclic) bond motifs is 1. The molecule has 172 valence electrons. The summed E-state index contributed by atoms with van der Waals surface area (Å²) in [6.07, 6.45) is 0.341. The molecule has 33 heavy (non-hydrogen) atoms. The van der Waals surface area contributed by atoms with E-state index in [2.05, 4.69) is 34.5 Å². The highest BCUT2D eigenvalue weighted by Gasteiger charge is 2.25. The number of carbonyl (C=O) groups is 1. The van der Waals surface area contributed by atoms with Crippen molar-refractivity contribution in [1.82, 2.24) is 10.2 Å². The van der Waals surface area contributed by atoms with E-state index in [1.165, 1.54) is 0 Å². The summed E-state index contributed by atoms with van der Waals surface area (Å²) in [5.74, 6) is 1.33. The fourth-order valence-corrected chi connectivity index (χ4v) is 4.09. The van der Waals surface area contributed by atoms with E-state index in [0.717, 1.165) is 16.9 Å². The van der Waals surface area contributed by atoms with Crippen LogP contribution >= 0.6 is 0 Å². The minimum Gasteiger partial charge on any atom is -0.486 e. The molecule has 3 aromatic carbocycles. The van der Waals surface area contributed by atoms with Gasteiger partial charge in [0.2, 0.25) is 5.91 Å². The van der Waals surface area contributed by atoms with E-state index in [1.54, 1.807) is 0 Å². The highest BCUT2D eigenvalue weighted by molar-refractivity contribution is 5.78. The molecule has 0 bridgehead atoms. The predicted molar refractivity (Wildman–Crippen MR) is 127 cm³/mol. The second-order valence-electron chi connectivity index (χ2n) is 8.07. The molecule has 1 aliphatic heterocycles. The SMILES string of the molecule is O=C(CN(CCCO)C(c1ccccc1)c1ccccc1)NCC1COc2ccccc2O1. The average Bonchev–Trinajstić information content (AvgIpc) is 2.87. The Hall–Kier alpha value is -3.35. The molecule has 0 spiro atoms. The van der Waals surface area contributed by atoms with Crippen LogP contribution in [-0.2, 0) is 4.79 Å². The normalized spacial score (nSPS) is 14.9. The molecule has 4 rings (SSSR count). The summed E-state index contributed by atoms with van der Waals surface area (Å²) < 4.78 is 11.7. The minimum absolute atomic E-state index is 0.0705. The molecular weight excluding hydrogens is 416 g/mol. The largest absolute Gasteiger partial charge is 0.486 e. The molecule has 1 heterocycles. The summed E-state index contributed by atoms with van der Waals surface area (Å²) in [6, 6.07) is 27.8. The van der Waals surface area contributed by atoms with Crippen molar-refractivity contribution >= 4 is 5.91 Å². The van der Waals surface area contributed by atoms with E-state index in [1.807, 2.05) is 60.7 Å². The number of carbonyl (C=O) groups excluding carboxylic acids is 1. The number of amides is 1. The van der Waals surface area contributed by atoms with Gasteiger partial charge in [-0.25, -0.2) is 0 Å². The molecule has 0 radical (unpaired) electrons. The average molecular weight is 447 g/mol. The lowest BCUT2D eigenvalue weighted by atomic mass is 9.96. The number of para-hydroxylation sites is 2. The molecule has 0 aliphatic carbocycles. The number of hydrogen-bond donors (Lipinski definition) is 2. The lowest BCUT2D eigenvalue weighted by molar-refractivity contribution is -0.123. The van der Waals surface area contributed by atoms with Crippen molar-refractivity contribution in [2.75, 3.05) is 32.8 Å². The van der Waals surface area contributed by atoms with Crippen LogP contribution in [0.5, 0.6) is 11.5 Å². The monoisotopic (exact) mass is 446 g/mol. The van der Waals surface area contributed by atoms with Crippen molar-refractivity contribution in [3.05, 3.63) is 96.1 Å². The molecular formula is C27H30N2O4. The van der Waals surface area contributed by atoms with E-state index in [-0.39, 0.29) is 31.2 Å². The van der Waals surface area contributed by atoms with Gasteiger partial charge in [0.25, 0.3) is 0 Å². The number of benzene rings is 3. The first kappa shape index (κ1) is 22.8. The third-order valence-corrected chi connectivity index (χ3v) is 5.64. The molecule has 0 fully saturated rings. The minimum atomic E-state index is -0.242. The number of nitrogens with zero attached hydrogens (tertiary/aromatic N) is 1. The van der Waals surface area contributed by atoms with Gasteiger partial charge in [-0.2, -0.15) is 0 Å². The first-order chi connectivity index (χ1) is 16.2. The first-order valence-corrected chi connectivity index (χ1v) is 11.3. The van der Waals surface area contributed by atoms with Gasteiger partial charge in [0.05, 0.1) is 19.1 Å². The van der Waals surface area contributed by atoms with Gasteiger partial charge in [0.15, 0.2) is 11.5 Å². The van der Waals surface area contributed by atoms with E-state index in [0.29, 0.717) is 31.9 Å². The molecule has 1 atom stereocenters. The highest BCUT2D eigenvalue weighted by Crippen LogP contribution is 2.31. The Morgan fingerprint density at radius 1 is 0.939 bits per heavy atom. The number of ether oxygens (including phenoxy) is 2. The Balaban J connectivity index is 1.44. The quantitative estimate of drug-likeness (QED) is 0.499. The summed E-state index contributed by atoms with van der Waals surface area (Å²) in [5.41, 5.74) is 2.21. The van der Waals surface area contributed by atoms with Crippen LogP contribution in [0, 0.1) is 0 Å². The van der Waals surface area contributed by atoms with E-state index >= 15 is 0 Å². The maximum atomic E-state index is 13.0. The van der Waals surface area contributed by atoms with Crippen molar-refractivity contribution in [2.24, 2.45) is 0 Å². The third kappa shape index (κ3) is 6.12. The number of hydrogen-bond acceptors (Lipinski definition) is 5. The van der Waals surface area contributed by atoms with Gasteiger partial charge in [0.1, 0.15) is 12.7 Å². The zero-order chi connectivity index (χ0) is 22.9. The molecule has 1 amide bonds. The molecule has 3 aromatic rings. The molecule has 6 heteroatoms. The standard InChI is InChI=1S/C27H30N2O4/c30-17-9-16-29(27(21-10-3-1-4-11-21)22-12-5-2-6-13-22)19-26(31)28-18-23-20-32-24-14-7-8-15-25(24)33-23/h1-8,10-15,23,27,30H,9,16-20H2,(H,28,31). The van der Waals surface area contributed by atoms with Crippen molar-refractivity contribution in [3.63, 3.8) is 0 Å². The topological polar surface area (TPSA) is 71.0 Å². The lowest BCUT2D eigenvalue weighted by Crippen LogP contribution is -2.45. The van der Waals surface area contributed by atoms with Crippen LogP contribution in [-0.4, -0.2) is 54.9 Å². The van der Waals surface area contributed by atoms with E-state index in [9.17, 15) is 9.90 Å². The Bertz CT molecular complexity index is 973. The van der Waals surface area contributed by atoms with Crippen molar-refractivity contribution in [3.8, 4) is 11.5 Å². The summed E-state index contributed by atoms with van der Waals surface area (Å²) in [5, 5.41) is 12.5. The van der Waals surface area contributed by atoms with Gasteiger partial charge in [0, 0.05) is 13.2 Å². The van der Waals surface area contributed by atoms with Crippen molar-refractivity contribution < 1.29 is 19.4 Å². The van der Waals surface area contributed by atoms with Crippen LogP contribution in [0.15, 0.2) is 84.9 Å². The fraction of sp³-hybridized carbons (Fsp3) is 0.296. The molecule has 1 unspecified atom stereocenters. The first-order valence-electron chi connectivity index (χ1n) is 11.3. The molecule has 2 N–H and O–H groups in total. The van der Waals surface area contributed by atoms with Crippen LogP contribution in [0.25, 0.3) is 0 Å². The van der Waals surface area contributed by atoms with Crippen molar-refractivity contribution in [1.29, 1.82) is 0 Å². The molecule has 1 aliphatic rings. The van der Waals surface area contributed by atoms with Gasteiger partial charge >= 0.3 is 0 Å². The summed E-state index contributed by atoms with van der Waals surface area (Å²) in [7, 11) is 0. The summed E-state index contributed by atoms with van der Waals surface area (Å²) >= 11 is 0. The number of aliphatic hydroxyl groups is 1. The van der Waals surface area contributed by atoms with Crippen LogP contribution in [0.4, 0.5) is 0 Å². The summed E-state index contributed by atoms with van der Waals surface area (Å²) in [6.45, 7) is 1.62. The van der Waals surface area contributed by atoms with Crippen LogP contribution in [0.3, 0.4) is 0 Å². The van der Waals surface area contributed by atoms with Crippen LogP contribution in [0.1, 0.15) is 23.6 Å². The van der Waals surface area contributed by atoms with Gasteiger partial charge in [-0.3, -0.25) is 9.69 Å². The maximum absolute atomic E-state index is 13.0. The molecule has 6 nitrogen and oxygen atoms in total. The zero-order valence-corrected chi connectivity index (χ0v) is 18.6. The number of aliphatic hydroxyl groups excluding tert-OH is 1. The Labute approximate surface area is 194 Å². The second kappa shape index (κ2) is 11.5. The smallest absolute Gasteiger partial charge is 0.234 e. The Kier molecular flexibility index (Phi) is 7.95. The zero-order valence-electron chi connectivity index (χ0n) is 18.6.